The average Bonchev–Trinajstić information content (AvgIpc) is 3.68. The molecule has 0 aromatic heterocycles. The van der Waals surface area contributed by atoms with Crippen LogP contribution in [0.1, 0.15) is 22.3 Å². The molecule has 0 saturated carbocycles. The van der Waals surface area contributed by atoms with Gasteiger partial charge in [0.1, 0.15) is 22.5 Å². The molecule has 0 bridgehead atoms. The number of benzene rings is 7. The molecule has 1 spiro atoms. The first-order valence-electron chi connectivity index (χ1n) is 17.7. The van der Waals surface area contributed by atoms with Gasteiger partial charge in [-0.3, -0.25) is 0 Å². The standard InChI is InChI=1S/C50H38N/c1-3-4-21-45-44-24-13-16-27-48(44)50(46-25-14-11-22-42(46)43-23-12-15-26-47(43)50)49(45)51(2,40-32-28-38(29-33-40)36-17-7-5-8-18-36)41-34-30-39(31-35-41)37-19-9-6-10-20-37/h3-35H,1H2,2H3/q+1/b21-4-. The van der Waals surface area contributed by atoms with Crippen LogP contribution in [0.25, 0.3) is 39.0 Å². The molecule has 0 atom stereocenters. The topological polar surface area (TPSA) is 0 Å². The number of quaternary nitrogens is 1. The Kier molecular flexibility index (Phi) is 7.38. The molecule has 7 aromatic carbocycles. The third-order valence-corrected chi connectivity index (χ3v) is 11.0. The molecule has 7 aromatic rings. The van der Waals surface area contributed by atoms with Crippen molar-refractivity contribution < 1.29 is 0 Å². The van der Waals surface area contributed by atoms with Gasteiger partial charge in [-0.15, -0.1) is 0 Å². The van der Waals surface area contributed by atoms with Crippen molar-refractivity contribution in [2.45, 2.75) is 5.41 Å². The van der Waals surface area contributed by atoms with Crippen LogP contribution in [0.2, 0.25) is 0 Å². The highest BCUT2D eigenvalue weighted by molar-refractivity contribution is 5.99. The SMILES string of the molecule is C=C/C=C\C1=C([N+](C)(c2ccc(-c3ccccc3)cc2)c2ccc(-c3ccccc3)cc2)C2(c3ccccc31)c1ccccc1-c1ccccc12. The molecular weight excluding hydrogens is 615 g/mol. The highest BCUT2D eigenvalue weighted by Gasteiger charge is 2.60. The van der Waals surface area contributed by atoms with E-state index in [0.717, 1.165) is 0 Å². The largest absolute Gasteiger partial charge is 0.231 e. The molecule has 0 heterocycles. The predicted molar refractivity (Wildman–Crippen MR) is 216 cm³/mol. The number of hydrogen-bond acceptors (Lipinski definition) is 0. The van der Waals surface area contributed by atoms with Gasteiger partial charge in [0, 0.05) is 29.8 Å². The van der Waals surface area contributed by atoms with E-state index in [2.05, 4.69) is 208 Å². The summed E-state index contributed by atoms with van der Waals surface area (Å²) in [5.41, 5.74) is 17.0. The lowest BCUT2D eigenvalue weighted by Gasteiger charge is -2.43. The Labute approximate surface area is 301 Å². The monoisotopic (exact) mass is 652 g/mol. The molecule has 0 radical (unpaired) electrons. The maximum Gasteiger partial charge on any atom is 0.146 e. The van der Waals surface area contributed by atoms with Crippen LogP contribution in [0.4, 0.5) is 11.4 Å². The molecule has 0 aliphatic heterocycles. The lowest BCUT2D eigenvalue weighted by atomic mass is 9.71. The van der Waals surface area contributed by atoms with Crippen LogP contribution in [0.5, 0.6) is 0 Å². The predicted octanol–water partition coefficient (Wildman–Crippen LogP) is 12.8. The van der Waals surface area contributed by atoms with Gasteiger partial charge in [-0.05, 0) is 86.0 Å². The molecule has 0 N–H and O–H groups in total. The van der Waals surface area contributed by atoms with Gasteiger partial charge in [-0.1, -0.05) is 152 Å². The Bertz CT molecular complexity index is 2340. The molecule has 0 saturated heterocycles. The Hall–Kier alpha value is -6.28. The number of rotatable bonds is 7. The molecule has 0 fully saturated rings. The molecule has 51 heavy (non-hydrogen) atoms. The quantitative estimate of drug-likeness (QED) is 0.119. The number of hydrogen-bond donors (Lipinski definition) is 0. The maximum absolute atomic E-state index is 4.10. The van der Waals surface area contributed by atoms with Crippen molar-refractivity contribution >= 4 is 16.9 Å². The minimum absolute atomic E-state index is 0.471. The molecule has 2 aliphatic rings. The van der Waals surface area contributed by atoms with Crippen LogP contribution in [-0.4, -0.2) is 7.05 Å². The van der Waals surface area contributed by atoms with Crippen LogP contribution in [0, 0.1) is 0 Å². The summed E-state index contributed by atoms with van der Waals surface area (Å²) >= 11 is 0. The molecule has 0 amide bonds. The van der Waals surface area contributed by atoms with E-state index in [4.69, 9.17) is 0 Å². The van der Waals surface area contributed by atoms with E-state index in [1.54, 1.807) is 0 Å². The molecular formula is C50H38N+. The Morgan fingerprint density at radius 2 is 0.804 bits per heavy atom. The molecule has 242 valence electrons. The fraction of sp³-hybridized carbons (Fsp3) is 0.0400. The van der Waals surface area contributed by atoms with Crippen LogP contribution >= 0.6 is 0 Å². The van der Waals surface area contributed by atoms with Crippen molar-refractivity contribution in [3.8, 4) is 33.4 Å². The fourth-order valence-electron chi connectivity index (χ4n) is 8.76. The minimum Gasteiger partial charge on any atom is -0.231 e. The average molecular weight is 653 g/mol. The van der Waals surface area contributed by atoms with Crippen molar-refractivity contribution in [1.29, 1.82) is 0 Å². The zero-order valence-corrected chi connectivity index (χ0v) is 28.7. The van der Waals surface area contributed by atoms with Gasteiger partial charge >= 0.3 is 0 Å². The van der Waals surface area contributed by atoms with E-state index in [1.807, 2.05) is 6.08 Å². The molecule has 9 rings (SSSR count). The summed E-state index contributed by atoms with van der Waals surface area (Å²) in [7, 11) is 2.39. The van der Waals surface area contributed by atoms with Crippen LogP contribution in [0.15, 0.2) is 212 Å². The second-order valence-electron chi connectivity index (χ2n) is 13.6. The van der Waals surface area contributed by atoms with Gasteiger partial charge in [0.2, 0.25) is 0 Å². The number of fused-ring (bicyclic) bond motifs is 7. The maximum atomic E-state index is 4.10. The number of nitrogens with zero attached hydrogens (tertiary/aromatic N) is 1. The van der Waals surface area contributed by atoms with Crippen molar-refractivity contribution in [3.63, 3.8) is 0 Å². The smallest absolute Gasteiger partial charge is 0.146 e. The lowest BCUT2D eigenvalue weighted by Crippen LogP contribution is -2.47. The summed E-state index contributed by atoms with van der Waals surface area (Å²) in [5, 5.41) is 0. The first-order valence-corrected chi connectivity index (χ1v) is 17.7. The first kappa shape index (κ1) is 30.8. The summed E-state index contributed by atoms with van der Waals surface area (Å²) < 4.78 is 0.471. The summed E-state index contributed by atoms with van der Waals surface area (Å²) in [6.45, 7) is 4.10. The van der Waals surface area contributed by atoms with E-state index in [0.29, 0.717) is 4.48 Å². The van der Waals surface area contributed by atoms with Crippen molar-refractivity contribution in [3.05, 3.63) is 235 Å². The van der Waals surface area contributed by atoms with E-state index in [1.165, 1.54) is 78.3 Å². The third-order valence-electron chi connectivity index (χ3n) is 11.0. The van der Waals surface area contributed by atoms with Crippen molar-refractivity contribution in [2.75, 3.05) is 7.05 Å². The summed E-state index contributed by atoms with van der Waals surface area (Å²) in [6.07, 6.45) is 6.27. The summed E-state index contributed by atoms with van der Waals surface area (Å²) in [6, 6.07) is 66.9. The van der Waals surface area contributed by atoms with E-state index in [-0.39, 0.29) is 0 Å². The first-order chi connectivity index (χ1) is 25.2. The van der Waals surface area contributed by atoms with Crippen LogP contribution < -0.4 is 4.48 Å². The lowest BCUT2D eigenvalue weighted by molar-refractivity contribution is 0.492. The van der Waals surface area contributed by atoms with Gasteiger partial charge < -0.3 is 0 Å². The second kappa shape index (κ2) is 12.2. The van der Waals surface area contributed by atoms with E-state index in [9.17, 15) is 0 Å². The zero-order valence-electron chi connectivity index (χ0n) is 28.7. The molecule has 1 heteroatoms. The number of likely N-dealkylation sites (N-methyl/N-ethyl adjacent to an activating group) is 1. The number of allylic oxidation sites excluding steroid dienone is 5. The van der Waals surface area contributed by atoms with Crippen molar-refractivity contribution in [1.82, 2.24) is 4.48 Å². The van der Waals surface area contributed by atoms with E-state index >= 15 is 0 Å². The minimum atomic E-state index is -0.546. The van der Waals surface area contributed by atoms with Gasteiger partial charge in [-0.25, -0.2) is 4.48 Å². The van der Waals surface area contributed by atoms with Crippen LogP contribution in [0.3, 0.4) is 0 Å². The Balaban J connectivity index is 1.39. The van der Waals surface area contributed by atoms with Gasteiger partial charge in [-0.2, -0.15) is 0 Å². The normalized spacial score (nSPS) is 14.1. The van der Waals surface area contributed by atoms with Gasteiger partial charge in [0.05, 0.1) is 7.05 Å². The fourth-order valence-corrected chi connectivity index (χ4v) is 8.76. The third kappa shape index (κ3) is 4.59. The Morgan fingerprint density at radius 1 is 0.431 bits per heavy atom. The van der Waals surface area contributed by atoms with Crippen LogP contribution in [-0.2, 0) is 5.41 Å². The van der Waals surface area contributed by atoms with Crippen molar-refractivity contribution in [2.24, 2.45) is 0 Å². The zero-order chi connectivity index (χ0) is 34.4. The van der Waals surface area contributed by atoms with Gasteiger partial charge in [0.25, 0.3) is 0 Å². The summed E-state index contributed by atoms with van der Waals surface area (Å²) in [4.78, 5) is 0. The Morgan fingerprint density at radius 3 is 1.25 bits per heavy atom. The van der Waals surface area contributed by atoms with Gasteiger partial charge in [0.15, 0.2) is 0 Å². The van der Waals surface area contributed by atoms with E-state index < -0.39 is 5.41 Å². The highest BCUT2D eigenvalue weighted by Crippen LogP contribution is 2.65. The molecule has 2 aliphatic carbocycles. The highest BCUT2D eigenvalue weighted by atomic mass is 15.4. The summed E-state index contributed by atoms with van der Waals surface area (Å²) in [5.74, 6) is 0. The molecule has 0 unspecified atom stereocenters. The second-order valence-corrected chi connectivity index (χ2v) is 13.6. The molecule has 1 nitrogen and oxygen atoms in total.